The van der Waals surface area contributed by atoms with Crippen molar-refractivity contribution in [2.24, 2.45) is 4.99 Å². The van der Waals surface area contributed by atoms with E-state index in [2.05, 4.69) is 157 Å². The minimum absolute atomic E-state index is 0.619. The molecule has 68 heavy (non-hydrogen) atoms. The number of rotatable bonds is 7. The molecule has 0 bridgehead atoms. The van der Waals surface area contributed by atoms with Crippen LogP contribution in [0.4, 0.5) is 0 Å². The Morgan fingerprint density at radius 1 is 0.441 bits per heavy atom. The molecule has 0 radical (unpaired) electrons. The standard InChI is InChI=1S/C61H42N6O/c1-3-15-40(16-4-1)58-65-59(41-17-5-2-6-18-41)67-60(66-58)42-27-25-39(26-28-42)43-29-31-56-50(35-43)61(48-21-9-7-19-46(48)47-20-8-10-22-49(47)61)51-36-44(30-32-57(51)68-56)45-37-54(52-23-11-13-33-62-52)64-55(38-45)53-24-12-14-34-63-53/h1-13,15-32,35-38,62H,14,33-34H2. The van der Waals surface area contributed by atoms with Crippen molar-refractivity contribution in [3.05, 3.63) is 246 Å². The third kappa shape index (κ3) is 6.62. The number of benzene rings is 7. The van der Waals surface area contributed by atoms with Crippen molar-refractivity contribution >= 4 is 11.4 Å². The summed E-state index contributed by atoms with van der Waals surface area (Å²) in [5.41, 5.74) is 17.1. The maximum atomic E-state index is 7.00. The van der Waals surface area contributed by atoms with Crippen molar-refractivity contribution in [1.82, 2.24) is 25.3 Å². The number of aliphatic imine (C=N–C) groups is 1. The van der Waals surface area contributed by atoms with Crippen LogP contribution in [0.5, 0.6) is 11.5 Å². The molecule has 4 aliphatic rings. The summed E-state index contributed by atoms with van der Waals surface area (Å²) in [6.45, 7) is 1.51. The molecule has 0 atom stereocenters. The third-order valence-electron chi connectivity index (χ3n) is 13.5. The number of dihydropyridines is 2. The molecule has 0 fully saturated rings. The van der Waals surface area contributed by atoms with Gasteiger partial charge in [-0.15, -0.1) is 0 Å². The van der Waals surface area contributed by atoms with Crippen molar-refractivity contribution < 1.29 is 4.74 Å². The first-order chi connectivity index (χ1) is 33.7. The van der Waals surface area contributed by atoms with E-state index >= 15 is 0 Å². The van der Waals surface area contributed by atoms with E-state index in [1.54, 1.807) is 0 Å². The molecule has 9 aromatic rings. The zero-order valence-corrected chi connectivity index (χ0v) is 37.0. The number of ether oxygens (including phenoxy) is 1. The number of hydrogen-bond donors (Lipinski definition) is 1. The smallest absolute Gasteiger partial charge is 0.164 e. The molecule has 1 N–H and O–H groups in total. The number of pyridine rings is 1. The Morgan fingerprint density at radius 3 is 1.54 bits per heavy atom. The third-order valence-corrected chi connectivity index (χ3v) is 13.5. The Hall–Kier alpha value is -8.81. The second-order valence-electron chi connectivity index (χ2n) is 17.5. The summed E-state index contributed by atoms with van der Waals surface area (Å²) in [7, 11) is 0. The highest BCUT2D eigenvalue weighted by Gasteiger charge is 2.51. The van der Waals surface area contributed by atoms with Gasteiger partial charge < -0.3 is 10.1 Å². The molecular formula is C61H42N6O. The van der Waals surface area contributed by atoms with E-state index in [1.165, 1.54) is 22.3 Å². The minimum atomic E-state index is -0.679. The Labute approximate surface area is 394 Å². The van der Waals surface area contributed by atoms with E-state index in [-0.39, 0.29) is 0 Å². The van der Waals surface area contributed by atoms with Crippen molar-refractivity contribution in [1.29, 1.82) is 0 Å². The van der Waals surface area contributed by atoms with E-state index in [4.69, 9.17) is 29.7 Å². The summed E-state index contributed by atoms with van der Waals surface area (Å²) in [5.74, 6) is 3.56. The van der Waals surface area contributed by atoms with Gasteiger partial charge in [-0.3, -0.25) is 4.99 Å². The summed E-state index contributed by atoms with van der Waals surface area (Å²) in [5, 5.41) is 3.54. The Bertz CT molecular complexity index is 3490. The van der Waals surface area contributed by atoms with E-state index < -0.39 is 5.41 Å². The maximum Gasteiger partial charge on any atom is 0.164 e. The summed E-state index contributed by atoms with van der Waals surface area (Å²) in [6, 6.07) is 64.2. The van der Waals surface area contributed by atoms with Crippen LogP contribution in [-0.4, -0.2) is 38.7 Å². The van der Waals surface area contributed by atoms with Crippen LogP contribution in [0.25, 0.3) is 73.2 Å². The quantitative estimate of drug-likeness (QED) is 0.172. The van der Waals surface area contributed by atoms with Crippen LogP contribution in [0.1, 0.15) is 40.1 Å². The van der Waals surface area contributed by atoms with Gasteiger partial charge in [0.05, 0.1) is 28.2 Å². The van der Waals surface area contributed by atoms with Gasteiger partial charge in [-0.1, -0.05) is 164 Å². The average molecular weight is 875 g/mol. The molecular weight excluding hydrogens is 833 g/mol. The van der Waals surface area contributed by atoms with Gasteiger partial charge in [-0.2, -0.15) is 0 Å². The molecule has 0 unspecified atom stereocenters. The molecule has 0 amide bonds. The molecule has 0 saturated carbocycles. The Kier molecular flexibility index (Phi) is 9.46. The number of fused-ring (bicyclic) bond motifs is 9. The van der Waals surface area contributed by atoms with Gasteiger partial charge in [0.15, 0.2) is 17.5 Å². The number of nitrogens with zero attached hydrogens (tertiary/aromatic N) is 5. The van der Waals surface area contributed by atoms with Crippen LogP contribution in [0.2, 0.25) is 0 Å². The van der Waals surface area contributed by atoms with E-state index in [1.807, 2.05) is 60.7 Å². The summed E-state index contributed by atoms with van der Waals surface area (Å²) in [4.78, 5) is 25.0. The largest absolute Gasteiger partial charge is 0.457 e. The van der Waals surface area contributed by atoms with Gasteiger partial charge in [-0.05, 0) is 99.5 Å². The number of hydrogen-bond acceptors (Lipinski definition) is 7. The lowest BCUT2D eigenvalue weighted by Crippen LogP contribution is -2.32. The first kappa shape index (κ1) is 39.5. The number of allylic oxidation sites excluding steroid dienone is 3. The Balaban J connectivity index is 0.957. The summed E-state index contributed by atoms with van der Waals surface area (Å²) in [6.07, 6.45) is 11.5. The van der Waals surface area contributed by atoms with Gasteiger partial charge in [-0.25, -0.2) is 19.9 Å². The van der Waals surface area contributed by atoms with Crippen molar-refractivity contribution in [3.8, 4) is 79.0 Å². The first-order valence-corrected chi connectivity index (χ1v) is 23.2. The zero-order chi connectivity index (χ0) is 45.0. The number of aromatic nitrogens is 4. The molecule has 3 aliphatic heterocycles. The molecule has 1 aliphatic carbocycles. The summed E-state index contributed by atoms with van der Waals surface area (Å²) < 4.78 is 7.00. The monoisotopic (exact) mass is 874 g/mol. The fourth-order valence-electron chi connectivity index (χ4n) is 10.3. The predicted molar refractivity (Wildman–Crippen MR) is 272 cm³/mol. The highest BCUT2D eigenvalue weighted by Crippen LogP contribution is 2.62. The predicted octanol–water partition coefficient (Wildman–Crippen LogP) is 13.3. The molecule has 5 heterocycles. The highest BCUT2D eigenvalue weighted by molar-refractivity contribution is 6.08. The van der Waals surface area contributed by atoms with E-state index in [9.17, 15) is 0 Å². The van der Waals surface area contributed by atoms with E-state index in [0.717, 1.165) is 104 Å². The van der Waals surface area contributed by atoms with Crippen LogP contribution < -0.4 is 10.1 Å². The molecule has 13 rings (SSSR count). The van der Waals surface area contributed by atoms with Gasteiger partial charge in [0.2, 0.25) is 0 Å². The van der Waals surface area contributed by atoms with Gasteiger partial charge in [0, 0.05) is 40.9 Å². The lowest BCUT2D eigenvalue weighted by molar-refractivity contribution is 0.436. The minimum Gasteiger partial charge on any atom is -0.457 e. The average Bonchev–Trinajstić information content (AvgIpc) is 3.72. The molecule has 7 aromatic carbocycles. The van der Waals surface area contributed by atoms with Crippen molar-refractivity contribution in [2.75, 3.05) is 13.1 Å². The fraction of sp³-hybridized carbons (Fsp3) is 0.0656. The van der Waals surface area contributed by atoms with Crippen LogP contribution >= 0.6 is 0 Å². The maximum absolute atomic E-state index is 7.00. The molecule has 1 spiro atoms. The van der Waals surface area contributed by atoms with Gasteiger partial charge in [0.25, 0.3) is 0 Å². The van der Waals surface area contributed by atoms with Crippen LogP contribution in [0.3, 0.4) is 0 Å². The van der Waals surface area contributed by atoms with Gasteiger partial charge in [0.1, 0.15) is 11.5 Å². The molecule has 7 heteroatoms. The van der Waals surface area contributed by atoms with Crippen molar-refractivity contribution in [3.63, 3.8) is 0 Å². The van der Waals surface area contributed by atoms with Crippen LogP contribution in [-0.2, 0) is 5.41 Å². The molecule has 322 valence electrons. The zero-order valence-electron chi connectivity index (χ0n) is 37.0. The SMILES string of the molecule is C1=CCNC(c2cc(-c3ccc4c(c3)C3(c5cc(-c6ccc(-c7nc(-c8ccccc8)nc(-c8ccccc8)n7)cc6)ccc5O4)c4ccccc4-c4ccccc43)cc(C3=NCCC=C3)n2)=C1. The van der Waals surface area contributed by atoms with Crippen LogP contribution in [0.15, 0.2) is 217 Å². The molecule has 7 nitrogen and oxygen atoms in total. The lowest BCUT2D eigenvalue weighted by atomic mass is 9.65. The Morgan fingerprint density at radius 2 is 0.971 bits per heavy atom. The van der Waals surface area contributed by atoms with Crippen molar-refractivity contribution in [2.45, 2.75) is 11.8 Å². The first-order valence-electron chi connectivity index (χ1n) is 23.2. The van der Waals surface area contributed by atoms with Gasteiger partial charge >= 0.3 is 0 Å². The number of nitrogens with one attached hydrogen (secondary N) is 1. The molecule has 2 aromatic heterocycles. The molecule has 0 saturated heterocycles. The normalized spacial score (nSPS) is 14.7. The lowest BCUT2D eigenvalue weighted by Gasteiger charge is -2.40. The van der Waals surface area contributed by atoms with E-state index in [0.29, 0.717) is 17.5 Å². The second kappa shape index (κ2) is 16.3. The summed E-state index contributed by atoms with van der Waals surface area (Å²) >= 11 is 0. The second-order valence-corrected chi connectivity index (χ2v) is 17.5. The van der Waals surface area contributed by atoms with Crippen LogP contribution in [0, 0.1) is 0 Å². The fourth-order valence-corrected chi connectivity index (χ4v) is 10.3. The topological polar surface area (TPSA) is 85.2 Å². The highest BCUT2D eigenvalue weighted by atomic mass is 16.5.